The molecule has 5 heteroatoms. The van der Waals surface area contributed by atoms with Gasteiger partial charge in [0.1, 0.15) is 5.69 Å². The van der Waals surface area contributed by atoms with Crippen molar-refractivity contribution < 1.29 is 14.6 Å². The van der Waals surface area contributed by atoms with Crippen LogP contribution in [0.2, 0.25) is 0 Å². The highest BCUT2D eigenvalue weighted by Crippen LogP contribution is 2.23. The van der Waals surface area contributed by atoms with Crippen LogP contribution in [-0.4, -0.2) is 42.4 Å². The first-order valence-electron chi connectivity index (χ1n) is 6.09. The van der Waals surface area contributed by atoms with Crippen molar-refractivity contribution in [2.75, 3.05) is 25.1 Å². The number of carbonyl (C=O) groups excluding carboxylic acids is 1. The Morgan fingerprint density at radius 2 is 2.39 bits per heavy atom. The molecule has 0 aromatic carbocycles. The number of aliphatic hydroxyl groups excluding tert-OH is 1. The summed E-state index contributed by atoms with van der Waals surface area (Å²) in [6.07, 6.45) is 2.21. The molecule has 0 saturated carbocycles. The molecular formula is C13H18N2O3. The summed E-state index contributed by atoms with van der Waals surface area (Å²) >= 11 is 0. The number of methoxy groups -OCH3 is 1. The number of piperidine rings is 1. The van der Waals surface area contributed by atoms with Gasteiger partial charge in [-0.1, -0.05) is 6.92 Å². The van der Waals surface area contributed by atoms with Gasteiger partial charge in [-0.3, -0.25) is 0 Å². The number of hydrogen-bond acceptors (Lipinski definition) is 5. The molecule has 1 saturated heterocycles. The van der Waals surface area contributed by atoms with Gasteiger partial charge in [0.15, 0.2) is 0 Å². The van der Waals surface area contributed by atoms with E-state index < -0.39 is 5.97 Å². The van der Waals surface area contributed by atoms with E-state index in [4.69, 9.17) is 0 Å². The maximum absolute atomic E-state index is 11.4. The third-order valence-corrected chi connectivity index (χ3v) is 3.42. The Labute approximate surface area is 106 Å². The number of β-amino-alcohol motifs (C(OH)–C–C–N with tert-alkyl or cyclic N) is 1. The first kappa shape index (κ1) is 12.8. The van der Waals surface area contributed by atoms with E-state index in [1.165, 1.54) is 7.11 Å². The number of pyridine rings is 1. The van der Waals surface area contributed by atoms with Crippen LogP contribution in [0.4, 0.5) is 5.69 Å². The third-order valence-electron chi connectivity index (χ3n) is 3.42. The van der Waals surface area contributed by atoms with Gasteiger partial charge >= 0.3 is 5.97 Å². The molecular weight excluding hydrogens is 232 g/mol. The van der Waals surface area contributed by atoms with E-state index in [-0.39, 0.29) is 6.10 Å². The molecule has 5 nitrogen and oxygen atoms in total. The van der Waals surface area contributed by atoms with Gasteiger partial charge in [0.25, 0.3) is 0 Å². The Hall–Kier alpha value is -1.62. The van der Waals surface area contributed by atoms with E-state index in [0.29, 0.717) is 18.2 Å². The van der Waals surface area contributed by atoms with Gasteiger partial charge in [0.05, 0.1) is 13.2 Å². The topological polar surface area (TPSA) is 62.7 Å². The highest BCUT2D eigenvalue weighted by molar-refractivity contribution is 5.88. The summed E-state index contributed by atoms with van der Waals surface area (Å²) in [4.78, 5) is 17.5. The van der Waals surface area contributed by atoms with Crippen LogP contribution in [0.1, 0.15) is 23.8 Å². The summed E-state index contributed by atoms with van der Waals surface area (Å²) in [6, 6.07) is 3.55. The number of aliphatic hydroxyl groups is 1. The molecule has 0 aliphatic carbocycles. The van der Waals surface area contributed by atoms with Crippen LogP contribution >= 0.6 is 0 Å². The minimum absolute atomic E-state index is 0.295. The van der Waals surface area contributed by atoms with Crippen LogP contribution in [0.5, 0.6) is 0 Å². The second kappa shape index (κ2) is 5.35. The van der Waals surface area contributed by atoms with Crippen LogP contribution in [0, 0.1) is 5.92 Å². The second-order valence-electron chi connectivity index (χ2n) is 4.67. The standard InChI is InChI=1S/C13H18N2O3/c1-9-4-6-15(8-12(9)16)10-3-5-14-11(7-10)13(17)18-2/h3,5,7,9,12,16H,4,6,8H2,1-2H3. The lowest BCUT2D eigenvalue weighted by molar-refractivity contribution is 0.0594. The molecule has 0 amide bonds. The van der Waals surface area contributed by atoms with E-state index >= 15 is 0 Å². The van der Waals surface area contributed by atoms with Crippen molar-refractivity contribution in [2.24, 2.45) is 5.92 Å². The van der Waals surface area contributed by atoms with Gasteiger partial charge in [-0.15, -0.1) is 0 Å². The minimum atomic E-state index is -0.442. The molecule has 1 aromatic rings. The number of anilines is 1. The SMILES string of the molecule is COC(=O)c1cc(N2CCC(C)C(O)C2)ccn1. The molecule has 2 atom stereocenters. The summed E-state index contributed by atoms with van der Waals surface area (Å²) in [5, 5.41) is 9.89. The van der Waals surface area contributed by atoms with Gasteiger partial charge in [0.2, 0.25) is 0 Å². The number of rotatable bonds is 2. The van der Waals surface area contributed by atoms with Crippen molar-refractivity contribution in [1.82, 2.24) is 4.98 Å². The molecule has 2 unspecified atom stereocenters. The van der Waals surface area contributed by atoms with E-state index in [9.17, 15) is 9.90 Å². The first-order valence-corrected chi connectivity index (χ1v) is 6.09. The molecule has 98 valence electrons. The van der Waals surface area contributed by atoms with Crippen LogP contribution < -0.4 is 4.90 Å². The lowest BCUT2D eigenvalue weighted by Gasteiger charge is -2.35. The van der Waals surface area contributed by atoms with Crippen LogP contribution in [0.15, 0.2) is 18.3 Å². The maximum Gasteiger partial charge on any atom is 0.356 e. The quantitative estimate of drug-likeness (QED) is 0.796. The molecule has 1 aliphatic heterocycles. The van der Waals surface area contributed by atoms with Crippen LogP contribution in [-0.2, 0) is 4.74 Å². The molecule has 1 fully saturated rings. The molecule has 18 heavy (non-hydrogen) atoms. The lowest BCUT2D eigenvalue weighted by Crippen LogP contribution is -2.43. The van der Waals surface area contributed by atoms with Crippen molar-refractivity contribution in [3.8, 4) is 0 Å². The predicted octanol–water partition coefficient (Wildman–Crippen LogP) is 1.08. The fourth-order valence-corrected chi connectivity index (χ4v) is 2.12. The molecule has 0 bridgehead atoms. The van der Waals surface area contributed by atoms with Crippen LogP contribution in [0.25, 0.3) is 0 Å². The van der Waals surface area contributed by atoms with E-state index in [2.05, 4.69) is 21.5 Å². The second-order valence-corrected chi connectivity index (χ2v) is 4.67. The van der Waals surface area contributed by atoms with E-state index in [1.54, 1.807) is 12.3 Å². The normalized spacial score (nSPS) is 23.8. The predicted molar refractivity (Wildman–Crippen MR) is 67.6 cm³/mol. The Kier molecular flexibility index (Phi) is 3.81. The minimum Gasteiger partial charge on any atom is -0.464 e. The largest absolute Gasteiger partial charge is 0.464 e. The lowest BCUT2D eigenvalue weighted by atomic mass is 9.96. The Bertz CT molecular complexity index is 436. The fraction of sp³-hybridized carbons (Fsp3) is 0.538. The first-order chi connectivity index (χ1) is 8.61. The number of carbonyl (C=O) groups is 1. The zero-order chi connectivity index (χ0) is 13.1. The number of ether oxygens (including phenoxy) is 1. The average molecular weight is 250 g/mol. The highest BCUT2D eigenvalue weighted by atomic mass is 16.5. The number of esters is 1. The summed E-state index contributed by atoms with van der Waals surface area (Å²) in [7, 11) is 1.34. The monoisotopic (exact) mass is 250 g/mol. The zero-order valence-electron chi connectivity index (χ0n) is 10.7. The van der Waals surface area contributed by atoms with Crippen molar-refractivity contribution in [3.63, 3.8) is 0 Å². The zero-order valence-corrected chi connectivity index (χ0v) is 10.7. The van der Waals surface area contributed by atoms with Crippen LogP contribution in [0.3, 0.4) is 0 Å². The number of nitrogens with zero attached hydrogens (tertiary/aromatic N) is 2. The molecule has 2 rings (SSSR count). The molecule has 0 spiro atoms. The summed E-state index contributed by atoms with van der Waals surface area (Å²) < 4.78 is 4.65. The van der Waals surface area contributed by atoms with Gasteiger partial charge in [-0.25, -0.2) is 9.78 Å². The number of hydrogen-bond donors (Lipinski definition) is 1. The molecule has 0 radical (unpaired) electrons. The molecule has 1 aliphatic rings. The number of aromatic nitrogens is 1. The Morgan fingerprint density at radius 1 is 1.61 bits per heavy atom. The highest BCUT2D eigenvalue weighted by Gasteiger charge is 2.24. The fourth-order valence-electron chi connectivity index (χ4n) is 2.12. The van der Waals surface area contributed by atoms with Gasteiger partial charge in [-0.05, 0) is 24.5 Å². The van der Waals surface area contributed by atoms with Gasteiger partial charge < -0.3 is 14.7 Å². The molecule has 1 aromatic heterocycles. The Balaban J connectivity index is 2.16. The van der Waals surface area contributed by atoms with E-state index in [1.807, 2.05) is 6.07 Å². The molecule has 1 N–H and O–H groups in total. The maximum atomic E-state index is 11.4. The average Bonchev–Trinajstić information content (AvgIpc) is 2.41. The summed E-state index contributed by atoms with van der Waals surface area (Å²) in [6.45, 7) is 3.52. The van der Waals surface area contributed by atoms with Gasteiger partial charge in [-0.2, -0.15) is 0 Å². The molecule has 2 heterocycles. The van der Waals surface area contributed by atoms with E-state index in [0.717, 1.165) is 18.7 Å². The van der Waals surface area contributed by atoms with Crippen molar-refractivity contribution in [2.45, 2.75) is 19.4 Å². The third kappa shape index (κ3) is 2.61. The smallest absolute Gasteiger partial charge is 0.356 e. The van der Waals surface area contributed by atoms with Gasteiger partial charge in [0, 0.05) is 25.0 Å². The Morgan fingerprint density at radius 3 is 3.06 bits per heavy atom. The van der Waals surface area contributed by atoms with Crippen molar-refractivity contribution >= 4 is 11.7 Å². The van der Waals surface area contributed by atoms with Crippen molar-refractivity contribution in [3.05, 3.63) is 24.0 Å². The van der Waals surface area contributed by atoms with Crippen molar-refractivity contribution in [1.29, 1.82) is 0 Å². The summed E-state index contributed by atoms with van der Waals surface area (Å²) in [5.41, 5.74) is 1.19. The summed E-state index contributed by atoms with van der Waals surface area (Å²) in [5.74, 6) is -0.119.